The van der Waals surface area contributed by atoms with Gasteiger partial charge in [-0.05, 0) is 32.7 Å². The SMILES string of the molecule is CCCNC(C)(CC(=O)OCC)C(C)C. The molecule has 0 saturated carbocycles. The summed E-state index contributed by atoms with van der Waals surface area (Å²) in [6, 6.07) is 0. The molecule has 0 fully saturated rings. The minimum Gasteiger partial charge on any atom is -0.466 e. The second kappa shape index (κ2) is 6.83. The maximum Gasteiger partial charge on any atom is 0.307 e. The van der Waals surface area contributed by atoms with E-state index in [-0.39, 0.29) is 11.5 Å². The van der Waals surface area contributed by atoms with Crippen molar-refractivity contribution < 1.29 is 9.53 Å². The molecule has 0 radical (unpaired) electrons. The van der Waals surface area contributed by atoms with Crippen molar-refractivity contribution in [3.05, 3.63) is 0 Å². The van der Waals surface area contributed by atoms with Gasteiger partial charge in [0, 0.05) is 5.54 Å². The van der Waals surface area contributed by atoms with Gasteiger partial charge in [0.1, 0.15) is 0 Å². The maximum atomic E-state index is 11.5. The molecule has 0 spiro atoms. The van der Waals surface area contributed by atoms with Gasteiger partial charge in [-0.15, -0.1) is 0 Å². The Labute approximate surface area is 93.6 Å². The van der Waals surface area contributed by atoms with E-state index in [1.54, 1.807) is 0 Å². The minimum absolute atomic E-state index is 0.114. The zero-order chi connectivity index (χ0) is 11.9. The Kier molecular flexibility index (Phi) is 6.57. The van der Waals surface area contributed by atoms with Crippen LogP contribution >= 0.6 is 0 Å². The lowest BCUT2D eigenvalue weighted by molar-refractivity contribution is -0.145. The molecule has 3 heteroatoms. The quantitative estimate of drug-likeness (QED) is 0.662. The Balaban J connectivity index is 4.30. The summed E-state index contributed by atoms with van der Waals surface area (Å²) < 4.78 is 4.99. The number of carbonyl (C=O) groups is 1. The van der Waals surface area contributed by atoms with Gasteiger partial charge in [0.25, 0.3) is 0 Å². The first-order valence-electron chi connectivity index (χ1n) is 5.87. The molecular formula is C12H25NO2. The molecule has 90 valence electrons. The van der Waals surface area contributed by atoms with Crippen molar-refractivity contribution in [1.82, 2.24) is 5.32 Å². The average Bonchev–Trinajstić information content (AvgIpc) is 2.14. The molecule has 0 aromatic carbocycles. The Morgan fingerprint density at radius 1 is 1.40 bits per heavy atom. The molecule has 3 nitrogen and oxygen atoms in total. The fraction of sp³-hybridized carbons (Fsp3) is 0.917. The Morgan fingerprint density at radius 3 is 2.40 bits per heavy atom. The molecule has 0 amide bonds. The van der Waals surface area contributed by atoms with E-state index in [4.69, 9.17) is 4.74 Å². The minimum atomic E-state index is -0.151. The van der Waals surface area contributed by atoms with Crippen molar-refractivity contribution in [2.24, 2.45) is 5.92 Å². The van der Waals surface area contributed by atoms with Crippen molar-refractivity contribution in [2.75, 3.05) is 13.2 Å². The van der Waals surface area contributed by atoms with Gasteiger partial charge in [-0.2, -0.15) is 0 Å². The third-order valence-corrected chi connectivity index (χ3v) is 2.87. The van der Waals surface area contributed by atoms with E-state index < -0.39 is 0 Å². The van der Waals surface area contributed by atoms with E-state index in [0.29, 0.717) is 18.9 Å². The molecule has 0 heterocycles. The summed E-state index contributed by atoms with van der Waals surface area (Å²) in [5, 5.41) is 3.43. The van der Waals surface area contributed by atoms with Crippen LogP contribution in [0.15, 0.2) is 0 Å². The molecule has 0 aromatic rings. The highest BCUT2D eigenvalue weighted by Crippen LogP contribution is 2.21. The first kappa shape index (κ1) is 14.4. The molecule has 0 bridgehead atoms. The summed E-state index contributed by atoms with van der Waals surface area (Å²) in [5.41, 5.74) is -0.151. The van der Waals surface area contributed by atoms with Crippen LogP contribution in [0.3, 0.4) is 0 Å². The fourth-order valence-electron chi connectivity index (χ4n) is 1.39. The number of esters is 1. The van der Waals surface area contributed by atoms with E-state index in [1.807, 2.05) is 6.92 Å². The number of nitrogens with one attached hydrogen (secondary N) is 1. The van der Waals surface area contributed by atoms with Gasteiger partial charge in [-0.3, -0.25) is 4.79 Å². The van der Waals surface area contributed by atoms with Crippen LogP contribution in [0.1, 0.15) is 47.5 Å². The average molecular weight is 215 g/mol. The fourth-order valence-corrected chi connectivity index (χ4v) is 1.39. The molecule has 15 heavy (non-hydrogen) atoms. The van der Waals surface area contributed by atoms with Crippen molar-refractivity contribution >= 4 is 5.97 Å². The predicted octanol–water partition coefficient (Wildman–Crippen LogP) is 2.35. The lowest BCUT2D eigenvalue weighted by Gasteiger charge is -2.34. The van der Waals surface area contributed by atoms with E-state index in [1.165, 1.54) is 0 Å². The zero-order valence-electron chi connectivity index (χ0n) is 10.7. The topological polar surface area (TPSA) is 38.3 Å². The highest BCUT2D eigenvalue weighted by molar-refractivity contribution is 5.70. The molecule has 1 N–H and O–H groups in total. The molecule has 1 atom stereocenters. The summed E-state index contributed by atoms with van der Waals surface area (Å²) in [5.74, 6) is 0.297. The van der Waals surface area contributed by atoms with Crippen LogP contribution in [0.5, 0.6) is 0 Å². The third kappa shape index (κ3) is 5.17. The number of ether oxygens (including phenoxy) is 1. The number of hydrogen-bond acceptors (Lipinski definition) is 3. The van der Waals surface area contributed by atoms with E-state index in [0.717, 1.165) is 13.0 Å². The monoisotopic (exact) mass is 215 g/mol. The van der Waals surface area contributed by atoms with E-state index in [2.05, 4.69) is 33.0 Å². The predicted molar refractivity (Wildman–Crippen MR) is 62.8 cm³/mol. The van der Waals surface area contributed by atoms with Crippen LogP contribution in [0.4, 0.5) is 0 Å². The van der Waals surface area contributed by atoms with Crippen LogP contribution in [0.25, 0.3) is 0 Å². The zero-order valence-corrected chi connectivity index (χ0v) is 10.7. The Bertz CT molecular complexity index is 192. The highest BCUT2D eigenvalue weighted by atomic mass is 16.5. The number of carbonyl (C=O) groups excluding carboxylic acids is 1. The lowest BCUT2D eigenvalue weighted by atomic mass is 9.85. The summed E-state index contributed by atoms with van der Waals surface area (Å²) in [4.78, 5) is 11.5. The van der Waals surface area contributed by atoms with Crippen LogP contribution in [0.2, 0.25) is 0 Å². The summed E-state index contributed by atoms with van der Waals surface area (Å²) in [6.07, 6.45) is 1.52. The maximum absolute atomic E-state index is 11.5. The second-order valence-corrected chi connectivity index (χ2v) is 4.48. The van der Waals surface area contributed by atoms with Crippen LogP contribution in [-0.4, -0.2) is 24.7 Å². The number of hydrogen-bond donors (Lipinski definition) is 1. The Morgan fingerprint density at radius 2 is 2.00 bits per heavy atom. The smallest absolute Gasteiger partial charge is 0.307 e. The van der Waals surface area contributed by atoms with Gasteiger partial charge in [0.05, 0.1) is 13.0 Å². The normalized spacial score (nSPS) is 15.1. The van der Waals surface area contributed by atoms with Crippen molar-refractivity contribution in [2.45, 2.75) is 53.0 Å². The summed E-state index contributed by atoms with van der Waals surface area (Å²) in [7, 11) is 0. The lowest BCUT2D eigenvalue weighted by Crippen LogP contribution is -2.49. The molecule has 0 aliphatic rings. The molecular weight excluding hydrogens is 190 g/mol. The molecule has 0 aliphatic carbocycles. The van der Waals surface area contributed by atoms with E-state index >= 15 is 0 Å². The molecule has 0 saturated heterocycles. The summed E-state index contributed by atoms with van der Waals surface area (Å²) in [6.45, 7) is 11.7. The molecule has 0 aliphatic heterocycles. The molecule has 0 rings (SSSR count). The van der Waals surface area contributed by atoms with Gasteiger partial charge < -0.3 is 10.1 Å². The first-order chi connectivity index (χ1) is 6.96. The van der Waals surface area contributed by atoms with Gasteiger partial charge >= 0.3 is 5.97 Å². The standard InChI is InChI=1S/C12H25NO2/c1-6-8-13-12(5,10(3)4)9-11(14)15-7-2/h10,13H,6-9H2,1-5H3. The van der Waals surface area contributed by atoms with E-state index in [9.17, 15) is 4.79 Å². The Hall–Kier alpha value is -0.570. The van der Waals surface area contributed by atoms with Crippen LogP contribution < -0.4 is 5.32 Å². The van der Waals surface area contributed by atoms with Crippen LogP contribution in [-0.2, 0) is 9.53 Å². The molecule has 0 aromatic heterocycles. The largest absolute Gasteiger partial charge is 0.466 e. The summed E-state index contributed by atoms with van der Waals surface area (Å²) >= 11 is 0. The van der Waals surface area contributed by atoms with Crippen molar-refractivity contribution in [1.29, 1.82) is 0 Å². The van der Waals surface area contributed by atoms with Gasteiger partial charge in [0.15, 0.2) is 0 Å². The van der Waals surface area contributed by atoms with Gasteiger partial charge in [-0.1, -0.05) is 20.8 Å². The second-order valence-electron chi connectivity index (χ2n) is 4.48. The van der Waals surface area contributed by atoms with Crippen molar-refractivity contribution in [3.8, 4) is 0 Å². The highest BCUT2D eigenvalue weighted by Gasteiger charge is 2.30. The molecule has 1 unspecified atom stereocenters. The van der Waals surface area contributed by atoms with Gasteiger partial charge in [-0.25, -0.2) is 0 Å². The third-order valence-electron chi connectivity index (χ3n) is 2.87. The van der Waals surface area contributed by atoms with Gasteiger partial charge in [0.2, 0.25) is 0 Å². The van der Waals surface area contributed by atoms with Crippen LogP contribution in [0, 0.1) is 5.92 Å². The van der Waals surface area contributed by atoms with Crippen molar-refractivity contribution in [3.63, 3.8) is 0 Å². The first-order valence-corrected chi connectivity index (χ1v) is 5.87. The number of rotatable bonds is 7.